The quantitative estimate of drug-likeness (QED) is 0.648. The Morgan fingerprint density at radius 3 is 2.58 bits per heavy atom. The lowest BCUT2D eigenvalue weighted by molar-refractivity contribution is 0.108. The molecule has 2 aromatic carbocycles. The molecule has 1 aromatic heterocycles. The highest BCUT2D eigenvalue weighted by molar-refractivity contribution is 8.14. The second kappa shape index (κ2) is 5.15. The van der Waals surface area contributed by atoms with E-state index < -0.39 is 0 Å². The monoisotopic (exact) mass is 285 g/mol. The van der Waals surface area contributed by atoms with Crippen LogP contribution < -0.4 is 0 Å². The van der Waals surface area contributed by atoms with Crippen LogP contribution in [0, 0.1) is 6.92 Å². The van der Waals surface area contributed by atoms with Gasteiger partial charge in [0.15, 0.2) is 5.01 Å². The second-order valence-electron chi connectivity index (χ2n) is 4.19. The number of rotatable bonds is 2. The average Bonchev–Trinajstić information content (AvgIpc) is 2.85. The van der Waals surface area contributed by atoms with Crippen LogP contribution in [0.15, 0.2) is 53.4 Å². The van der Waals surface area contributed by atoms with Crippen LogP contribution in [0.3, 0.4) is 0 Å². The van der Waals surface area contributed by atoms with Gasteiger partial charge in [-0.25, -0.2) is 4.98 Å². The minimum absolute atomic E-state index is 0.00468. The average molecular weight is 285 g/mol. The standard InChI is InChI=1S/C15H11NOS2/c1-10-6-8-11(9-7-10)18-15(17)14-16-12-4-2-3-5-13(12)19-14/h2-9H,1H3. The highest BCUT2D eigenvalue weighted by Gasteiger charge is 2.13. The number of hydrogen-bond acceptors (Lipinski definition) is 4. The first-order chi connectivity index (χ1) is 9.22. The van der Waals surface area contributed by atoms with Crippen LogP contribution in [-0.4, -0.2) is 10.1 Å². The molecule has 94 valence electrons. The van der Waals surface area contributed by atoms with Gasteiger partial charge in [-0.1, -0.05) is 29.8 Å². The summed E-state index contributed by atoms with van der Waals surface area (Å²) < 4.78 is 1.05. The van der Waals surface area contributed by atoms with Gasteiger partial charge >= 0.3 is 0 Å². The van der Waals surface area contributed by atoms with Gasteiger partial charge in [0.25, 0.3) is 5.12 Å². The molecule has 0 atom stereocenters. The molecular weight excluding hydrogens is 274 g/mol. The van der Waals surface area contributed by atoms with E-state index in [9.17, 15) is 4.79 Å². The summed E-state index contributed by atoms with van der Waals surface area (Å²) in [6, 6.07) is 15.8. The maximum absolute atomic E-state index is 12.2. The molecule has 4 heteroatoms. The summed E-state index contributed by atoms with van der Waals surface area (Å²) in [5, 5.41) is 0.567. The molecule has 0 spiro atoms. The van der Waals surface area contributed by atoms with Gasteiger partial charge < -0.3 is 0 Å². The number of nitrogens with zero attached hydrogens (tertiary/aromatic N) is 1. The molecule has 2 nitrogen and oxygen atoms in total. The van der Waals surface area contributed by atoms with Crippen LogP contribution in [0.4, 0.5) is 0 Å². The molecule has 0 aliphatic rings. The van der Waals surface area contributed by atoms with Gasteiger partial charge in [-0.05, 0) is 43.0 Å². The summed E-state index contributed by atoms with van der Waals surface area (Å²) >= 11 is 2.68. The summed E-state index contributed by atoms with van der Waals surface area (Å²) in [5.41, 5.74) is 2.08. The smallest absolute Gasteiger partial charge is 0.252 e. The summed E-state index contributed by atoms with van der Waals surface area (Å²) in [7, 11) is 0. The van der Waals surface area contributed by atoms with E-state index in [0.717, 1.165) is 15.1 Å². The van der Waals surface area contributed by atoms with Gasteiger partial charge in [-0.3, -0.25) is 4.79 Å². The van der Waals surface area contributed by atoms with Crippen LogP contribution in [0.5, 0.6) is 0 Å². The third kappa shape index (κ3) is 2.69. The molecule has 0 amide bonds. The van der Waals surface area contributed by atoms with Crippen molar-refractivity contribution in [2.75, 3.05) is 0 Å². The van der Waals surface area contributed by atoms with Crippen molar-refractivity contribution < 1.29 is 4.79 Å². The number of thiazole rings is 1. The Balaban J connectivity index is 1.85. The Bertz CT molecular complexity index is 698. The van der Waals surface area contributed by atoms with Crippen molar-refractivity contribution in [1.29, 1.82) is 0 Å². The fourth-order valence-corrected chi connectivity index (χ4v) is 3.39. The Morgan fingerprint density at radius 2 is 1.84 bits per heavy atom. The third-order valence-electron chi connectivity index (χ3n) is 2.70. The number of aryl methyl sites for hydroxylation is 1. The molecule has 3 aromatic rings. The lowest BCUT2D eigenvalue weighted by atomic mass is 10.2. The van der Waals surface area contributed by atoms with Crippen molar-refractivity contribution in [3.8, 4) is 0 Å². The molecule has 0 bridgehead atoms. The van der Waals surface area contributed by atoms with E-state index in [-0.39, 0.29) is 5.12 Å². The van der Waals surface area contributed by atoms with Crippen LogP contribution in [0.2, 0.25) is 0 Å². The van der Waals surface area contributed by atoms with E-state index in [0.29, 0.717) is 5.01 Å². The first-order valence-corrected chi connectivity index (χ1v) is 7.50. The van der Waals surface area contributed by atoms with Gasteiger partial charge in [-0.15, -0.1) is 11.3 Å². The number of hydrogen-bond donors (Lipinski definition) is 0. The molecule has 0 fully saturated rings. The number of carbonyl (C=O) groups is 1. The fourth-order valence-electron chi connectivity index (χ4n) is 1.72. The van der Waals surface area contributed by atoms with Crippen LogP contribution in [0.1, 0.15) is 15.4 Å². The normalized spacial score (nSPS) is 10.8. The molecular formula is C15H11NOS2. The minimum Gasteiger partial charge on any atom is -0.278 e. The number of fused-ring (bicyclic) bond motifs is 1. The zero-order chi connectivity index (χ0) is 13.2. The van der Waals surface area contributed by atoms with E-state index in [1.807, 2.05) is 55.5 Å². The molecule has 0 aliphatic heterocycles. The molecule has 19 heavy (non-hydrogen) atoms. The summed E-state index contributed by atoms with van der Waals surface area (Å²) in [5.74, 6) is 0. The molecule has 0 saturated carbocycles. The van der Waals surface area contributed by atoms with E-state index in [4.69, 9.17) is 0 Å². The molecule has 0 saturated heterocycles. The SMILES string of the molecule is Cc1ccc(SC(=O)c2nc3ccccc3s2)cc1. The lowest BCUT2D eigenvalue weighted by Crippen LogP contribution is -1.91. The van der Waals surface area contributed by atoms with Gasteiger partial charge in [0.05, 0.1) is 10.2 Å². The van der Waals surface area contributed by atoms with Crippen LogP contribution >= 0.6 is 23.1 Å². The van der Waals surface area contributed by atoms with Gasteiger partial charge in [0.1, 0.15) is 0 Å². The first-order valence-electron chi connectivity index (χ1n) is 5.87. The summed E-state index contributed by atoms with van der Waals surface area (Å²) in [6.45, 7) is 2.03. The molecule has 1 heterocycles. The van der Waals surface area contributed by atoms with E-state index in [1.54, 1.807) is 0 Å². The predicted octanol–water partition coefficient (Wildman–Crippen LogP) is 4.54. The van der Waals surface area contributed by atoms with E-state index in [1.165, 1.54) is 28.7 Å². The predicted molar refractivity (Wildman–Crippen MR) is 81.0 cm³/mol. The molecule has 0 N–H and O–H groups in total. The third-order valence-corrected chi connectivity index (χ3v) is 4.75. The van der Waals surface area contributed by atoms with Crippen molar-refractivity contribution in [1.82, 2.24) is 4.98 Å². The van der Waals surface area contributed by atoms with Crippen molar-refractivity contribution >= 4 is 38.4 Å². The van der Waals surface area contributed by atoms with E-state index >= 15 is 0 Å². The summed E-state index contributed by atoms with van der Waals surface area (Å²) in [4.78, 5) is 17.5. The van der Waals surface area contributed by atoms with Crippen molar-refractivity contribution in [3.05, 3.63) is 59.1 Å². The van der Waals surface area contributed by atoms with Crippen molar-refractivity contribution in [2.45, 2.75) is 11.8 Å². The zero-order valence-electron chi connectivity index (χ0n) is 10.3. The van der Waals surface area contributed by atoms with Gasteiger partial charge in [0, 0.05) is 4.90 Å². The fraction of sp³-hybridized carbons (Fsp3) is 0.0667. The molecule has 0 radical (unpaired) electrons. The minimum atomic E-state index is 0.00468. The topological polar surface area (TPSA) is 30.0 Å². The molecule has 0 unspecified atom stereocenters. The van der Waals surface area contributed by atoms with Gasteiger partial charge in [-0.2, -0.15) is 0 Å². The van der Waals surface area contributed by atoms with Crippen molar-refractivity contribution in [3.63, 3.8) is 0 Å². The first kappa shape index (κ1) is 12.4. The highest BCUT2D eigenvalue weighted by Crippen LogP contribution is 2.28. The Kier molecular flexibility index (Phi) is 3.36. The maximum Gasteiger partial charge on any atom is 0.252 e. The second-order valence-corrected chi connectivity index (χ2v) is 6.27. The van der Waals surface area contributed by atoms with Crippen LogP contribution in [-0.2, 0) is 0 Å². The van der Waals surface area contributed by atoms with Crippen molar-refractivity contribution in [2.24, 2.45) is 0 Å². The molecule has 3 rings (SSSR count). The van der Waals surface area contributed by atoms with E-state index in [2.05, 4.69) is 4.98 Å². The highest BCUT2D eigenvalue weighted by atomic mass is 32.2. The number of carbonyl (C=O) groups excluding carboxylic acids is 1. The van der Waals surface area contributed by atoms with Crippen LogP contribution in [0.25, 0.3) is 10.2 Å². The van der Waals surface area contributed by atoms with Gasteiger partial charge in [0.2, 0.25) is 0 Å². The maximum atomic E-state index is 12.2. The Hall–Kier alpha value is -1.65. The Morgan fingerprint density at radius 1 is 1.11 bits per heavy atom. The lowest BCUT2D eigenvalue weighted by Gasteiger charge is -1.98. The number of benzene rings is 2. The number of thioether (sulfide) groups is 1. The summed E-state index contributed by atoms with van der Waals surface area (Å²) in [6.07, 6.45) is 0. The Labute approximate surface area is 119 Å². The largest absolute Gasteiger partial charge is 0.278 e. The molecule has 0 aliphatic carbocycles. The number of aromatic nitrogens is 1. The zero-order valence-corrected chi connectivity index (χ0v) is 11.9. The number of para-hydroxylation sites is 1.